The highest BCUT2D eigenvalue weighted by atomic mass is 32.2. The standard InChI is InChI=1S/C22H23FN4O3S2/c23-15-6-2-1-4-13(15)20(29)25-10-9-24-18(28)8-11-31-12-17-26-21(30)19-14-5-3-7-16(14)32-22(19)27-17/h1-2,4,6H,3,5,7-12H2,(H,24,28)(H,25,29)(H,26,27,30). The second-order valence-electron chi connectivity index (χ2n) is 7.44. The Kier molecular flexibility index (Phi) is 7.21. The fourth-order valence-corrected chi connectivity index (χ4v) is 5.74. The van der Waals surface area contributed by atoms with Crippen LogP contribution in [0.25, 0.3) is 10.2 Å². The van der Waals surface area contributed by atoms with Gasteiger partial charge in [-0.05, 0) is 37.0 Å². The third kappa shape index (κ3) is 5.18. The Hall–Kier alpha value is -2.72. The summed E-state index contributed by atoms with van der Waals surface area (Å²) in [7, 11) is 0. The molecule has 2 aromatic heterocycles. The van der Waals surface area contributed by atoms with Crippen LogP contribution in [0.5, 0.6) is 0 Å². The number of nitrogens with one attached hydrogen (secondary N) is 3. The quantitative estimate of drug-likeness (QED) is 0.414. The normalized spacial score (nSPS) is 12.7. The third-order valence-electron chi connectivity index (χ3n) is 5.19. The number of hydrogen-bond donors (Lipinski definition) is 3. The monoisotopic (exact) mass is 474 g/mol. The Labute approximate surface area is 192 Å². The fraction of sp³-hybridized carbons (Fsp3) is 0.364. The highest BCUT2D eigenvalue weighted by Crippen LogP contribution is 2.34. The van der Waals surface area contributed by atoms with Crippen molar-refractivity contribution >= 4 is 45.1 Å². The molecule has 0 aliphatic heterocycles. The number of rotatable bonds is 9. The number of H-pyrrole nitrogens is 1. The molecule has 2 amide bonds. The van der Waals surface area contributed by atoms with Gasteiger partial charge in [0.25, 0.3) is 11.5 Å². The molecule has 2 heterocycles. The van der Waals surface area contributed by atoms with E-state index in [9.17, 15) is 18.8 Å². The molecule has 1 aliphatic rings. The maximum absolute atomic E-state index is 13.6. The second kappa shape index (κ2) is 10.3. The largest absolute Gasteiger partial charge is 0.354 e. The Balaban J connectivity index is 1.15. The molecule has 3 aromatic rings. The Bertz CT molecular complexity index is 1210. The van der Waals surface area contributed by atoms with E-state index in [1.165, 1.54) is 40.4 Å². The number of thiophene rings is 1. The Morgan fingerprint density at radius 1 is 1.19 bits per heavy atom. The van der Waals surface area contributed by atoms with Gasteiger partial charge < -0.3 is 15.6 Å². The molecule has 32 heavy (non-hydrogen) atoms. The number of aromatic amines is 1. The van der Waals surface area contributed by atoms with Gasteiger partial charge in [-0.1, -0.05) is 12.1 Å². The van der Waals surface area contributed by atoms with E-state index in [4.69, 9.17) is 0 Å². The van der Waals surface area contributed by atoms with Gasteiger partial charge in [-0.2, -0.15) is 11.8 Å². The minimum Gasteiger partial charge on any atom is -0.354 e. The number of benzene rings is 1. The summed E-state index contributed by atoms with van der Waals surface area (Å²) in [6.07, 6.45) is 3.40. The van der Waals surface area contributed by atoms with Crippen molar-refractivity contribution in [1.82, 2.24) is 20.6 Å². The lowest BCUT2D eigenvalue weighted by Crippen LogP contribution is -2.35. The molecule has 0 unspecified atom stereocenters. The summed E-state index contributed by atoms with van der Waals surface area (Å²) in [5.41, 5.74) is 1.08. The SMILES string of the molecule is O=C(CCSCc1nc2sc3c(c2c(=O)[nH]1)CCC3)NCCNC(=O)c1ccccc1F. The highest BCUT2D eigenvalue weighted by Gasteiger charge is 2.21. The van der Waals surface area contributed by atoms with E-state index < -0.39 is 11.7 Å². The van der Waals surface area contributed by atoms with Gasteiger partial charge in [0, 0.05) is 30.1 Å². The van der Waals surface area contributed by atoms with Crippen molar-refractivity contribution in [3.63, 3.8) is 0 Å². The lowest BCUT2D eigenvalue weighted by atomic mass is 10.2. The Morgan fingerprint density at radius 2 is 2.00 bits per heavy atom. The van der Waals surface area contributed by atoms with E-state index in [-0.39, 0.29) is 30.1 Å². The number of thioether (sulfide) groups is 1. The summed E-state index contributed by atoms with van der Waals surface area (Å²) < 4.78 is 13.6. The maximum Gasteiger partial charge on any atom is 0.259 e. The van der Waals surface area contributed by atoms with Gasteiger partial charge in [0.05, 0.1) is 16.7 Å². The van der Waals surface area contributed by atoms with E-state index in [1.54, 1.807) is 17.4 Å². The molecular weight excluding hydrogens is 451 g/mol. The molecule has 4 rings (SSSR count). The van der Waals surface area contributed by atoms with E-state index >= 15 is 0 Å². The molecule has 10 heteroatoms. The molecule has 0 radical (unpaired) electrons. The zero-order chi connectivity index (χ0) is 22.5. The van der Waals surface area contributed by atoms with Crippen molar-refractivity contribution in [2.75, 3.05) is 18.8 Å². The van der Waals surface area contributed by atoms with Gasteiger partial charge in [0.2, 0.25) is 5.91 Å². The number of halogens is 1. The molecule has 0 spiro atoms. The van der Waals surface area contributed by atoms with Crippen molar-refractivity contribution in [1.29, 1.82) is 0 Å². The fourth-order valence-electron chi connectivity index (χ4n) is 3.66. The minimum atomic E-state index is -0.579. The summed E-state index contributed by atoms with van der Waals surface area (Å²) in [5, 5.41) is 6.05. The predicted molar refractivity (Wildman–Crippen MR) is 125 cm³/mol. The third-order valence-corrected chi connectivity index (χ3v) is 7.34. The topological polar surface area (TPSA) is 104 Å². The van der Waals surface area contributed by atoms with Gasteiger partial charge >= 0.3 is 0 Å². The molecule has 0 saturated carbocycles. The zero-order valence-corrected chi connectivity index (χ0v) is 19.0. The van der Waals surface area contributed by atoms with Crippen LogP contribution in [0.2, 0.25) is 0 Å². The van der Waals surface area contributed by atoms with Crippen LogP contribution < -0.4 is 16.2 Å². The number of fused-ring (bicyclic) bond motifs is 3. The average Bonchev–Trinajstić information content (AvgIpc) is 3.35. The van der Waals surface area contributed by atoms with Crippen LogP contribution in [0.4, 0.5) is 4.39 Å². The molecule has 0 bridgehead atoms. The van der Waals surface area contributed by atoms with Crippen molar-refractivity contribution in [2.45, 2.75) is 31.4 Å². The lowest BCUT2D eigenvalue weighted by Gasteiger charge is -2.08. The summed E-state index contributed by atoms with van der Waals surface area (Å²) >= 11 is 3.14. The Morgan fingerprint density at radius 3 is 2.84 bits per heavy atom. The minimum absolute atomic E-state index is 0.0211. The summed E-state index contributed by atoms with van der Waals surface area (Å²) in [6.45, 7) is 0.473. The van der Waals surface area contributed by atoms with Crippen molar-refractivity contribution in [3.05, 3.63) is 62.3 Å². The van der Waals surface area contributed by atoms with Gasteiger partial charge in [-0.25, -0.2) is 9.37 Å². The first-order valence-electron chi connectivity index (χ1n) is 10.4. The van der Waals surface area contributed by atoms with Crippen LogP contribution in [0, 0.1) is 5.82 Å². The summed E-state index contributed by atoms with van der Waals surface area (Å²) in [5.74, 6) is 0.509. The first-order valence-corrected chi connectivity index (χ1v) is 12.4. The smallest absolute Gasteiger partial charge is 0.259 e. The molecular formula is C22H23FN4O3S2. The van der Waals surface area contributed by atoms with Crippen LogP contribution in [0.15, 0.2) is 29.1 Å². The predicted octanol–water partition coefficient (Wildman–Crippen LogP) is 2.78. The second-order valence-corrected chi connectivity index (χ2v) is 9.63. The molecule has 3 N–H and O–H groups in total. The van der Waals surface area contributed by atoms with Gasteiger partial charge in [-0.15, -0.1) is 11.3 Å². The number of amides is 2. The van der Waals surface area contributed by atoms with E-state index in [2.05, 4.69) is 20.6 Å². The van der Waals surface area contributed by atoms with E-state index in [0.717, 1.165) is 29.5 Å². The number of aromatic nitrogens is 2. The van der Waals surface area contributed by atoms with Crippen LogP contribution in [0.1, 0.15) is 39.5 Å². The summed E-state index contributed by atoms with van der Waals surface area (Å²) in [6, 6.07) is 5.74. The molecule has 0 atom stereocenters. The average molecular weight is 475 g/mol. The lowest BCUT2D eigenvalue weighted by molar-refractivity contribution is -0.120. The molecule has 1 aliphatic carbocycles. The van der Waals surface area contributed by atoms with Gasteiger partial charge in [-0.3, -0.25) is 14.4 Å². The number of aryl methyl sites for hydroxylation is 2. The van der Waals surface area contributed by atoms with E-state index in [1.807, 2.05) is 0 Å². The molecule has 0 saturated heterocycles. The van der Waals surface area contributed by atoms with Crippen LogP contribution in [-0.2, 0) is 23.4 Å². The van der Waals surface area contributed by atoms with Crippen molar-refractivity contribution in [3.8, 4) is 0 Å². The van der Waals surface area contributed by atoms with E-state index in [0.29, 0.717) is 23.8 Å². The van der Waals surface area contributed by atoms with Crippen molar-refractivity contribution < 1.29 is 14.0 Å². The highest BCUT2D eigenvalue weighted by molar-refractivity contribution is 7.98. The zero-order valence-electron chi connectivity index (χ0n) is 17.3. The van der Waals surface area contributed by atoms with Gasteiger partial charge in [0.15, 0.2) is 0 Å². The maximum atomic E-state index is 13.6. The molecule has 7 nitrogen and oxygen atoms in total. The molecule has 0 fully saturated rings. The molecule has 1 aromatic carbocycles. The van der Waals surface area contributed by atoms with Crippen LogP contribution in [-0.4, -0.2) is 40.6 Å². The van der Waals surface area contributed by atoms with Crippen LogP contribution >= 0.6 is 23.1 Å². The number of nitrogens with zero attached hydrogens (tertiary/aromatic N) is 1. The number of carbonyl (C=O) groups excluding carboxylic acids is 2. The summed E-state index contributed by atoms with van der Waals surface area (Å²) in [4.78, 5) is 45.9. The number of hydrogen-bond acceptors (Lipinski definition) is 6. The first-order chi connectivity index (χ1) is 15.5. The van der Waals surface area contributed by atoms with Crippen molar-refractivity contribution in [2.24, 2.45) is 0 Å². The molecule has 168 valence electrons. The van der Waals surface area contributed by atoms with Gasteiger partial charge in [0.1, 0.15) is 16.5 Å². The number of carbonyl (C=O) groups is 2. The van der Waals surface area contributed by atoms with Crippen LogP contribution in [0.3, 0.4) is 0 Å². The first kappa shape index (κ1) is 22.5.